The predicted octanol–water partition coefficient (Wildman–Crippen LogP) is 8.85. The van der Waals surface area contributed by atoms with Gasteiger partial charge in [-0.3, -0.25) is 6.08 Å². The maximum absolute atomic E-state index is 3.30. The molecule has 0 saturated carbocycles. The van der Waals surface area contributed by atoms with Crippen LogP contribution in [-0.2, 0) is 30.7 Å². The molecule has 6 rings (SSSR count). The third kappa shape index (κ3) is 7.55. The molecule has 0 N–H and O–H groups in total. The topological polar surface area (TPSA) is 0 Å². The van der Waals surface area contributed by atoms with Crippen LogP contribution in [0, 0.1) is 27.0 Å². The van der Waals surface area contributed by atoms with Crippen LogP contribution in [-0.4, -0.2) is 3.21 Å². The van der Waals surface area contributed by atoms with Crippen LogP contribution in [0.3, 0.4) is 0 Å². The smallest absolute Gasteiger partial charge is 0.0253 e. The van der Waals surface area contributed by atoms with E-state index in [2.05, 4.69) is 129 Å². The fraction of sp³-hybridized carbons (Fsp3) is 0.114. The minimum Gasteiger partial charge on any atom is -0.179 e. The fourth-order valence-corrected chi connectivity index (χ4v) is 4.81. The minimum atomic E-state index is 0. The summed E-state index contributed by atoms with van der Waals surface area (Å²) in [6.07, 6.45) is 7.27. The average Bonchev–Trinajstić information content (AvgIpc) is 3.47. The first-order valence-electron chi connectivity index (χ1n) is 11.6. The monoisotopic (exact) mass is 544 g/mol. The molecular formula is C35H34Zr-4. The molecule has 182 valence electrons. The number of fused-ring (bicyclic) bond motifs is 3. The molecule has 4 aromatic rings. The van der Waals surface area contributed by atoms with Crippen molar-refractivity contribution in [2.75, 3.05) is 0 Å². The van der Waals surface area contributed by atoms with Crippen molar-refractivity contribution in [3.63, 3.8) is 0 Å². The molecule has 0 nitrogen and oxygen atoms in total. The summed E-state index contributed by atoms with van der Waals surface area (Å²) in [6, 6.07) is 39.2. The second kappa shape index (κ2) is 14.6. The van der Waals surface area contributed by atoms with Crippen LogP contribution in [0.5, 0.6) is 0 Å². The Morgan fingerprint density at radius 1 is 0.694 bits per heavy atom. The molecule has 36 heavy (non-hydrogen) atoms. The molecule has 0 fully saturated rings. The van der Waals surface area contributed by atoms with E-state index in [-0.39, 0.29) is 14.9 Å². The predicted molar refractivity (Wildman–Crippen MR) is 153 cm³/mol. The maximum atomic E-state index is 3.30. The molecule has 2 aliphatic carbocycles. The van der Waals surface area contributed by atoms with E-state index in [0.717, 1.165) is 12.8 Å². The third-order valence-electron chi connectivity index (χ3n) is 6.10. The standard InChI is InChI=1S/C13H9.C13H10.C7H9.2CH3.Zr/c1-3-7-12-10(5-1)9-11-6-2-4-8-13(11)12;1-3-7-12(8-4-1)11-13-9-5-2-6-10-13;1-6-4-3-5-7(6)2;;;/h1-5,7-8H,9H2;1-10H;4H,5H2,1-2H3;2*1H3;/q-1;;3*-1;. The SMILES string of the molecule is CC1=C(C)C[C-]=C1.[CH3-].[CH3-].[Zr]=[C](c1ccccc1)c1ccccc1.[c-]1cccc2c1Cc1ccccc1-2. The fourth-order valence-electron chi connectivity index (χ4n) is 3.99. The molecule has 2 aliphatic rings. The molecule has 0 radical (unpaired) electrons. The van der Waals surface area contributed by atoms with E-state index in [1.807, 2.05) is 6.07 Å². The van der Waals surface area contributed by atoms with Gasteiger partial charge in [-0.05, 0) is 6.42 Å². The van der Waals surface area contributed by atoms with E-state index in [9.17, 15) is 0 Å². The van der Waals surface area contributed by atoms with Gasteiger partial charge in [-0.2, -0.15) is 35.4 Å². The molecule has 1 heteroatoms. The normalized spacial score (nSPS) is 11.9. The van der Waals surface area contributed by atoms with Crippen molar-refractivity contribution in [3.05, 3.63) is 170 Å². The van der Waals surface area contributed by atoms with Crippen LogP contribution in [0.15, 0.2) is 120 Å². The molecule has 0 aliphatic heterocycles. The van der Waals surface area contributed by atoms with Gasteiger partial charge in [0.2, 0.25) is 0 Å². The van der Waals surface area contributed by atoms with E-state index >= 15 is 0 Å². The Bertz CT molecular complexity index is 1230. The van der Waals surface area contributed by atoms with Crippen molar-refractivity contribution in [2.45, 2.75) is 26.7 Å². The summed E-state index contributed by atoms with van der Waals surface area (Å²) in [5.74, 6) is 0. The van der Waals surface area contributed by atoms with Gasteiger partial charge in [-0.1, -0.05) is 42.3 Å². The zero-order chi connectivity index (χ0) is 23.8. The van der Waals surface area contributed by atoms with Crippen molar-refractivity contribution < 1.29 is 24.2 Å². The van der Waals surface area contributed by atoms with Gasteiger partial charge < -0.3 is 14.9 Å². The van der Waals surface area contributed by atoms with Gasteiger partial charge in [-0.25, -0.2) is 11.6 Å². The van der Waals surface area contributed by atoms with Crippen LogP contribution >= 0.6 is 0 Å². The number of hydrogen-bond acceptors (Lipinski definition) is 0. The summed E-state index contributed by atoms with van der Waals surface area (Å²) >= 11 is 1.46. The van der Waals surface area contributed by atoms with Gasteiger partial charge >= 0.3 is 99.2 Å². The average molecular weight is 546 g/mol. The maximum Gasteiger partial charge on any atom is -0.0253 e. The number of benzene rings is 4. The van der Waals surface area contributed by atoms with Gasteiger partial charge in [-0.15, -0.1) is 18.9 Å². The Hall–Kier alpha value is -2.89. The Labute approximate surface area is 233 Å². The summed E-state index contributed by atoms with van der Waals surface area (Å²) in [4.78, 5) is 0. The molecule has 4 aromatic carbocycles. The van der Waals surface area contributed by atoms with Crippen LogP contribution in [0.1, 0.15) is 42.5 Å². The molecule has 0 aromatic heterocycles. The third-order valence-corrected chi connectivity index (χ3v) is 7.52. The van der Waals surface area contributed by atoms with Gasteiger partial charge in [0.05, 0.1) is 0 Å². The molecule has 0 spiro atoms. The first-order chi connectivity index (χ1) is 16.6. The summed E-state index contributed by atoms with van der Waals surface area (Å²) in [7, 11) is 0. The summed E-state index contributed by atoms with van der Waals surface area (Å²) < 4.78 is 1.42. The quantitative estimate of drug-likeness (QED) is 0.194. The van der Waals surface area contributed by atoms with Crippen molar-refractivity contribution >= 4 is 3.21 Å². The zero-order valence-corrected chi connectivity index (χ0v) is 24.3. The van der Waals surface area contributed by atoms with Crippen LogP contribution in [0.25, 0.3) is 11.1 Å². The Morgan fingerprint density at radius 3 is 1.78 bits per heavy atom. The number of hydrogen-bond donors (Lipinski definition) is 0. The summed E-state index contributed by atoms with van der Waals surface area (Å²) in [6.45, 7) is 4.27. The molecular weight excluding hydrogens is 512 g/mol. The first kappa shape index (κ1) is 29.3. The van der Waals surface area contributed by atoms with E-state index < -0.39 is 0 Å². The van der Waals surface area contributed by atoms with Gasteiger partial charge in [0, 0.05) is 0 Å². The van der Waals surface area contributed by atoms with Crippen molar-refractivity contribution in [2.24, 2.45) is 0 Å². The first-order valence-corrected chi connectivity index (χ1v) is 12.9. The van der Waals surface area contributed by atoms with Crippen LogP contribution in [0.2, 0.25) is 0 Å². The van der Waals surface area contributed by atoms with Crippen molar-refractivity contribution in [3.8, 4) is 11.1 Å². The second-order valence-corrected chi connectivity index (χ2v) is 9.72. The summed E-state index contributed by atoms with van der Waals surface area (Å²) in [5.41, 5.74) is 11.0. The molecule has 0 unspecified atom stereocenters. The van der Waals surface area contributed by atoms with Gasteiger partial charge in [0.15, 0.2) is 0 Å². The molecule has 0 heterocycles. The largest absolute Gasteiger partial charge is 0.179 e. The van der Waals surface area contributed by atoms with E-state index in [1.54, 1.807) is 0 Å². The second-order valence-electron chi connectivity index (χ2n) is 8.49. The van der Waals surface area contributed by atoms with Crippen molar-refractivity contribution in [1.29, 1.82) is 0 Å². The van der Waals surface area contributed by atoms with Crippen LogP contribution in [0.4, 0.5) is 0 Å². The van der Waals surface area contributed by atoms with E-state index in [1.165, 1.54) is 72.0 Å². The van der Waals surface area contributed by atoms with Crippen molar-refractivity contribution in [1.82, 2.24) is 0 Å². The van der Waals surface area contributed by atoms with Gasteiger partial charge in [0.25, 0.3) is 0 Å². The molecule has 0 amide bonds. The molecule has 0 atom stereocenters. The number of rotatable bonds is 2. The Morgan fingerprint density at radius 2 is 1.25 bits per heavy atom. The van der Waals surface area contributed by atoms with E-state index in [4.69, 9.17) is 0 Å². The van der Waals surface area contributed by atoms with Crippen LogP contribution < -0.4 is 0 Å². The number of allylic oxidation sites excluding steroid dienone is 4. The van der Waals surface area contributed by atoms with E-state index in [0.29, 0.717) is 0 Å². The minimum absolute atomic E-state index is 0. The Kier molecular flexibility index (Phi) is 11.9. The zero-order valence-electron chi connectivity index (χ0n) is 21.8. The molecule has 0 bridgehead atoms. The van der Waals surface area contributed by atoms with Gasteiger partial charge in [0.1, 0.15) is 0 Å². The Balaban J connectivity index is 0.000000194. The summed E-state index contributed by atoms with van der Waals surface area (Å²) in [5, 5.41) is 0. The molecule has 0 saturated heterocycles.